The maximum absolute atomic E-state index is 8.06. The van der Waals surface area contributed by atoms with E-state index in [1.54, 1.807) is 16.0 Å². The molecule has 3 heteroatoms. The van der Waals surface area contributed by atoms with Crippen LogP contribution in [0.25, 0.3) is 0 Å². The molecule has 0 unspecified atom stereocenters. The molecule has 0 amide bonds. The van der Waals surface area contributed by atoms with Crippen molar-refractivity contribution in [2.45, 2.75) is 6.92 Å². The lowest BCUT2D eigenvalue weighted by Crippen LogP contribution is -1.57. The maximum Gasteiger partial charge on any atom is 0.138 e. The van der Waals surface area contributed by atoms with Gasteiger partial charge in [0.1, 0.15) is 9.12 Å². The van der Waals surface area contributed by atoms with E-state index in [4.69, 9.17) is 9.67 Å². The largest absolute Gasteiger partial charge is 0.397 e. The number of hydrogen-bond acceptors (Lipinski definition) is 2. The molecule has 0 aromatic rings. The lowest BCUT2D eigenvalue weighted by molar-refractivity contribution is 0.318. The van der Waals surface area contributed by atoms with Gasteiger partial charge < -0.3 is 5.11 Å². The molecule has 1 N–H and O–H groups in total. The van der Waals surface area contributed by atoms with Gasteiger partial charge in [0.15, 0.2) is 0 Å². The Morgan fingerprint density at radius 1 is 1.80 bits per heavy atom. The fourth-order valence-corrected chi connectivity index (χ4v) is 0. The minimum atomic E-state index is 0.250. The van der Waals surface area contributed by atoms with E-state index in [0.717, 1.165) is 0 Å². The van der Waals surface area contributed by atoms with Crippen LogP contribution in [0.5, 0.6) is 0 Å². The third-order valence-corrected chi connectivity index (χ3v) is 0. The number of aliphatic hydroxyl groups excluding tert-OH is 1. The first-order valence-corrected chi connectivity index (χ1v) is 1.64. The molecule has 0 spiro atoms. The second-order valence-electron chi connectivity index (χ2n) is 0.316. The van der Waals surface area contributed by atoms with Crippen molar-refractivity contribution in [2.75, 3.05) is 6.61 Å². The molecule has 0 fully saturated rings. The highest BCUT2D eigenvalue weighted by molar-refractivity contribution is 7.00. The molecule has 5 heavy (non-hydrogen) atoms. The van der Waals surface area contributed by atoms with Crippen LogP contribution < -0.4 is 0 Å². The Balaban J connectivity index is 0. The van der Waals surface area contributed by atoms with Crippen LogP contribution >= 0.6 is 9.12 Å². The van der Waals surface area contributed by atoms with E-state index < -0.39 is 0 Å². The van der Waals surface area contributed by atoms with E-state index in [1.165, 1.54) is 0 Å². The first-order chi connectivity index (χ1) is 2.41. The topological polar surface area (TPSA) is 37.3 Å². The quantitative estimate of drug-likeness (QED) is 0.443. The van der Waals surface area contributed by atoms with Gasteiger partial charge in [-0.05, 0) is 6.92 Å². The van der Waals surface area contributed by atoms with E-state index in [0.29, 0.717) is 0 Å². The number of aliphatic hydroxyl groups is 1. The van der Waals surface area contributed by atoms with Gasteiger partial charge in [0.05, 0.1) is 0 Å². The van der Waals surface area contributed by atoms with Crippen molar-refractivity contribution in [2.24, 2.45) is 0 Å². The lowest BCUT2D eigenvalue weighted by atomic mass is 10.9. The zero-order chi connectivity index (χ0) is 4.71. The second kappa shape index (κ2) is 33.8. The van der Waals surface area contributed by atoms with E-state index in [2.05, 4.69) is 0 Å². The lowest BCUT2D eigenvalue weighted by Gasteiger charge is -1.52. The molecule has 2 nitrogen and oxygen atoms in total. The van der Waals surface area contributed by atoms with Gasteiger partial charge in [0, 0.05) is 6.61 Å². The standard InChI is InChI=1S/C2H6O.HOP/c1-2-3;1-2/h3H,2H2,1H3;2H. The summed E-state index contributed by atoms with van der Waals surface area (Å²) >= 11 is 0. The van der Waals surface area contributed by atoms with Gasteiger partial charge in [-0.15, -0.1) is 0 Å². The van der Waals surface area contributed by atoms with E-state index in [1.807, 2.05) is 0 Å². The van der Waals surface area contributed by atoms with E-state index in [9.17, 15) is 0 Å². The molecule has 0 aliphatic rings. The van der Waals surface area contributed by atoms with E-state index >= 15 is 0 Å². The summed E-state index contributed by atoms with van der Waals surface area (Å²) < 4.78 is 8.06. The monoisotopic (exact) mass is 94.0 g/mol. The smallest absolute Gasteiger partial charge is 0.138 e. The van der Waals surface area contributed by atoms with Crippen LogP contribution in [0.15, 0.2) is 0 Å². The van der Waals surface area contributed by atoms with E-state index in [-0.39, 0.29) is 6.61 Å². The molecule has 0 rings (SSSR count). The summed E-state index contributed by atoms with van der Waals surface area (Å²) in [4.78, 5) is 0. The second-order valence-corrected chi connectivity index (χ2v) is 0.316. The van der Waals surface area contributed by atoms with Crippen LogP contribution in [0.1, 0.15) is 6.92 Å². The van der Waals surface area contributed by atoms with Crippen LogP contribution in [0.4, 0.5) is 0 Å². The minimum absolute atomic E-state index is 0.250. The summed E-state index contributed by atoms with van der Waals surface area (Å²) in [5, 5.41) is 7.57. The Bertz CT molecular complexity index is 11.6. The van der Waals surface area contributed by atoms with Crippen LogP contribution in [-0.2, 0) is 4.57 Å². The summed E-state index contributed by atoms with van der Waals surface area (Å²) in [6, 6.07) is 0. The molecular weight excluding hydrogens is 87.0 g/mol. The number of hydrogen-bond donors (Lipinski definition) is 1. The molecule has 0 radical (unpaired) electrons. The highest BCUT2D eigenvalue weighted by Crippen LogP contribution is 1.30. The third kappa shape index (κ3) is 4790. The Morgan fingerprint density at radius 3 is 1.80 bits per heavy atom. The Kier molecular flexibility index (Phi) is 60.3. The molecule has 0 saturated heterocycles. The van der Waals surface area contributed by atoms with Gasteiger partial charge >= 0.3 is 0 Å². The van der Waals surface area contributed by atoms with Gasteiger partial charge in [-0.3, -0.25) is 4.57 Å². The van der Waals surface area contributed by atoms with Crippen LogP contribution in [0, 0.1) is 0 Å². The van der Waals surface area contributed by atoms with Crippen molar-refractivity contribution in [3.05, 3.63) is 0 Å². The van der Waals surface area contributed by atoms with Gasteiger partial charge in [0.25, 0.3) is 0 Å². The first-order valence-electron chi connectivity index (χ1n) is 1.23. The predicted molar refractivity (Wildman–Crippen MR) is 21.8 cm³/mol. The Labute approximate surface area is 33.4 Å². The van der Waals surface area contributed by atoms with Crippen molar-refractivity contribution in [1.82, 2.24) is 0 Å². The summed E-state index contributed by atoms with van der Waals surface area (Å²) in [5.74, 6) is 0. The van der Waals surface area contributed by atoms with Crippen molar-refractivity contribution < 1.29 is 9.67 Å². The van der Waals surface area contributed by atoms with Crippen molar-refractivity contribution in [1.29, 1.82) is 0 Å². The maximum atomic E-state index is 8.06. The summed E-state index contributed by atoms with van der Waals surface area (Å²) in [5.41, 5.74) is 0. The Morgan fingerprint density at radius 2 is 1.80 bits per heavy atom. The SMILES string of the molecule is CCO.O=P. The molecular formula is C2H7O2P. The van der Waals surface area contributed by atoms with Crippen LogP contribution in [-0.4, -0.2) is 11.7 Å². The molecule has 32 valence electrons. The zero-order valence-electron chi connectivity index (χ0n) is 3.06. The molecule has 0 saturated carbocycles. The molecule has 0 heterocycles. The predicted octanol–water partition coefficient (Wildman–Crippen LogP) is 0.473. The first kappa shape index (κ1) is 8.91. The third-order valence-electron chi connectivity index (χ3n) is 0. The highest BCUT2D eigenvalue weighted by Gasteiger charge is 1.34. The molecule has 0 aromatic carbocycles. The van der Waals surface area contributed by atoms with Crippen molar-refractivity contribution in [3.63, 3.8) is 0 Å². The van der Waals surface area contributed by atoms with Crippen molar-refractivity contribution >= 4 is 9.12 Å². The van der Waals surface area contributed by atoms with Gasteiger partial charge in [0.2, 0.25) is 0 Å². The fraction of sp³-hybridized carbons (Fsp3) is 1.00. The molecule has 0 bridgehead atoms. The normalized spacial score (nSPS) is 4.40. The molecule has 0 aliphatic heterocycles. The summed E-state index contributed by atoms with van der Waals surface area (Å²) in [7, 11) is 1.72. The average Bonchev–Trinajstić information content (AvgIpc) is 1.46. The fourth-order valence-electron chi connectivity index (χ4n) is 0. The molecule has 0 aromatic heterocycles. The van der Waals surface area contributed by atoms with Gasteiger partial charge in [-0.2, -0.15) is 0 Å². The molecule has 0 aliphatic carbocycles. The minimum Gasteiger partial charge on any atom is -0.397 e. The average molecular weight is 94.0 g/mol. The van der Waals surface area contributed by atoms with Gasteiger partial charge in [-0.1, -0.05) is 0 Å². The highest BCUT2D eigenvalue weighted by atomic mass is 31.0. The Hall–Kier alpha value is 0.0600. The zero-order valence-corrected chi connectivity index (χ0v) is 4.06. The molecule has 0 atom stereocenters. The van der Waals surface area contributed by atoms with Gasteiger partial charge in [-0.25, -0.2) is 0 Å². The summed E-state index contributed by atoms with van der Waals surface area (Å²) in [6.45, 7) is 1.93. The van der Waals surface area contributed by atoms with Crippen LogP contribution in [0.3, 0.4) is 0 Å². The number of rotatable bonds is 0. The van der Waals surface area contributed by atoms with Crippen molar-refractivity contribution in [3.8, 4) is 0 Å². The van der Waals surface area contributed by atoms with Crippen LogP contribution in [0.2, 0.25) is 0 Å². The summed E-state index contributed by atoms with van der Waals surface area (Å²) in [6.07, 6.45) is 0.